The highest BCUT2D eigenvalue weighted by Crippen LogP contribution is 2.15. The van der Waals surface area contributed by atoms with Gasteiger partial charge in [0.15, 0.2) is 0 Å². The maximum Gasteiger partial charge on any atom is 0.0470 e. The second-order valence-electron chi connectivity index (χ2n) is 3.25. The molecule has 1 rings (SSSR count). The van der Waals surface area contributed by atoms with Crippen molar-refractivity contribution < 1.29 is 0 Å². The van der Waals surface area contributed by atoms with Gasteiger partial charge in [-0.3, -0.25) is 0 Å². The highest BCUT2D eigenvalue weighted by Gasteiger charge is 2.14. The van der Waals surface area contributed by atoms with E-state index in [1.807, 2.05) is 20.2 Å². The zero-order chi connectivity index (χ0) is 9.68. The van der Waals surface area contributed by atoms with Crippen LogP contribution in [0, 0.1) is 0 Å². The van der Waals surface area contributed by atoms with E-state index in [2.05, 4.69) is 41.8 Å². The lowest BCUT2D eigenvalue weighted by atomic mass is 10.0. The van der Waals surface area contributed by atoms with Gasteiger partial charge < -0.3 is 10.6 Å². The van der Waals surface area contributed by atoms with Crippen molar-refractivity contribution in [1.29, 1.82) is 0 Å². The minimum Gasteiger partial charge on any atom is -0.315 e. The van der Waals surface area contributed by atoms with Crippen molar-refractivity contribution in [2.75, 3.05) is 14.1 Å². The van der Waals surface area contributed by atoms with Crippen LogP contribution in [0.25, 0.3) is 0 Å². The summed E-state index contributed by atoms with van der Waals surface area (Å²) in [5.74, 6) is 0. The molecule has 2 nitrogen and oxygen atoms in total. The number of hydrogen-bond acceptors (Lipinski definition) is 2. The molecule has 0 aliphatic heterocycles. The molecule has 2 N–H and O–H groups in total. The van der Waals surface area contributed by atoms with Crippen LogP contribution in [0.2, 0.25) is 0 Å². The standard InChI is InChI=1S/C11H18N2.ClH/c1-9(12-2)11(13-3)10-7-5-4-6-8-10;/h4-9,11-13H,1-3H3;1H. The summed E-state index contributed by atoms with van der Waals surface area (Å²) in [7, 11) is 3.98. The van der Waals surface area contributed by atoms with Crippen LogP contribution in [-0.4, -0.2) is 20.1 Å². The Kier molecular flexibility index (Phi) is 6.54. The van der Waals surface area contributed by atoms with Gasteiger partial charge in [-0.15, -0.1) is 12.4 Å². The summed E-state index contributed by atoms with van der Waals surface area (Å²) in [4.78, 5) is 0. The zero-order valence-corrected chi connectivity index (χ0v) is 9.77. The first kappa shape index (κ1) is 13.4. The van der Waals surface area contributed by atoms with E-state index in [1.54, 1.807) is 0 Å². The quantitative estimate of drug-likeness (QED) is 0.801. The van der Waals surface area contributed by atoms with E-state index >= 15 is 0 Å². The smallest absolute Gasteiger partial charge is 0.0470 e. The van der Waals surface area contributed by atoms with E-state index in [9.17, 15) is 0 Å². The van der Waals surface area contributed by atoms with Crippen LogP contribution in [0.1, 0.15) is 18.5 Å². The van der Waals surface area contributed by atoms with Crippen LogP contribution in [0.3, 0.4) is 0 Å². The Balaban J connectivity index is 0.00000169. The van der Waals surface area contributed by atoms with Crippen LogP contribution in [-0.2, 0) is 0 Å². The predicted octanol–water partition coefficient (Wildman–Crippen LogP) is 1.98. The number of benzene rings is 1. The maximum atomic E-state index is 3.31. The molecule has 14 heavy (non-hydrogen) atoms. The Labute approximate surface area is 92.5 Å². The van der Waals surface area contributed by atoms with Crippen LogP contribution in [0.5, 0.6) is 0 Å². The van der Waals surface area contributed by atoms with Gasteiger partial charge in [0.1, 0.15) is 0 Å². The fraction of sp³-hybridized carbons (Fsp3) is 0.455. The molecule has 0 radical (unpaired) electrons. The minimum atomic E-state index is 0. The highest BCUT2D eigenvalue weighted by atomic mass is 35.5. The number of likely N-dealkylation sites (N-methyl/N-ethyl adjacent to an activating group) is 2. The van der Waals surface area contributed by atoms with Crippen molar-refractivity contribution in [1.82, 2.24) is 10.6 Å². The number of halogens is 1. The van der Waals surface area contributed by atoms with Crippen LogP contribution >= 0.6 is 12.4 Å². The summed E-state index contributed by atoms with van der Waals surface area (Å²) in [6.45, 7) is 2.17. The van der Waals surface area contributed by atoms with Crippen molar-refractivity contribution in [3.8, 4) is 0 Å². The average molecular weight is 215 g/mol. The lowest BCUT2D eigenvalue weighted by Gasteiger charge is -2.23. The molecule has 1 aromatic rings. The number of hydrogen-bond donors (Lipinski definition) is 2. The van der Waals surface area contributed by atoms with E-state index in [4.69, 9.17) is 0 Å². The van der Waals surface area contributed by atoms with Gasteiger partial charge in [0.25, 0.3) is 0 Å². The third kappa shape index (κ3) is 3.29. The minimum absolute atomic E-state index is 0. The zero-order valence-electron chi connectivity index (χ0n) is 8.95. The monoisotopic (exact) mass is 214 g/mol. The molecule has 1 aromatic carbocycles. The largest absolute Gasteiger partial charge is 0.315 e. The van der Waals surface area contributed by atoms with E-state index in [-0.39, 0.29) is 12.4 Å². The summed E-state index contributed by atoms with van der Waals surface area (Å²) in [6.07, 6.45) is 0. The Morgan fingerprint density at radius 3 is 2.00 bits per heavy atom. The molecule has 3 heteroatoms. The number of rotatable bonds is 4. The van der Waals surface area contributed by atoms with Crippen molar-refractivity contribution in [2.24, 2.45) is 0 Å². The summed E-state index contributed by atoms with van der Waals surface area (Å²) in [6, 6.07) is 11.3. The van der Waals surface area contributed by atoms with Gasteiger partial charge in [-0.05, 0) is 26.6 Å². The van der Waals surface area contributed by atoms with Crippen molar-refractivity contribution in [3.05, 3.63) is 35.9 Å². The first-order chi connectivity index (χ1) is 6.29. The lowest BCUT2D eigenvalue weighted by Crippen LogP contribution is -2.36. The van der Waals surface area contributed by atoms with Crippen LogP contribution < -0.4 is 10.6 Å². The molecule has 0 saturated carbocycles. The topological polar surface area (TPSA) is 24.1 Å². The van der Waals surface area contributed by atoms with Gasteiger partial charge in [-0.25, -0.2) is 0 Å². The molecule has 0 aliphatic rings. The maximum absolute atomic E-state index is 3.31. The van der Waals surface area contributed by atoms with E-state index in [1.165, 1.54) is 5.56 Å². The van der Waals surface area contributed by atoms with Gasteiger partial charge in [0.2, 0.25) is 0 Å². The molecular formula is C11H19ClN2. The number of nitrogens with one attached hydrogen (secondary N) is 2. The van der Waals surface area contributed by atoms with Crippen molar-refractivity contribution in [2.45, 2.75) is 19.0 Å². The van der Waals surface area contributed by atoms with Gasteiger partial charge in [-0.2, -0.15) is 0 Å². The van der Waals surface area contributed by atoms with Gasteiger partial charge in [0, 0.05) is 12.1 Å². The van der Waals surface area contributed by atoms with Gasteiger partial charge in [0.05, 0.1) is 0 Å². The van der Waals surface area contributed by atoms with E-state index in [0.29, 0.717) is 12.1 Å². The fourth-order valence-electron chi connectivity index (χ4n) is 1.53. The fourth-order valence-corrected chi connectivity index (χ4v) is 1.53. The van der Waals surface area contributed by atoms with E-state index in [0.717, 1.165) is 0 Å². The summed E-state index contributed by atoms with van der Waals surface area (Å²) < 4.78 is 0. The summed E-state index contributed by atoms with van der Waals surface area (Å²) in [5.41, 5.74) is 1.33. The first-order valence-electron chi connectivity index (χ1n) is 4.69. The average Bonchev–Trinajstić information content (AvgIpc) is 2.20. The Hall–Kier alpha value is -0.570. The molecule has 80 valence electrons. The molecular weight excluding hydrogens is 196 g/mol. The lowest BCUT2D eigenvalue weighted by molar-refractivity contribution is 0.446. The van der Waals surface area contributed by atoms with Crippen LogP contribution in [0.15, 0.2) is 30.3 Å². The Bertz CT molecular complexity index is 238. The molecule has 2 atom stereocenters. The van der Waals surface area contributed by atoms with Gasteiger partial charge >= 0.3 is 0 Å². The Morgan fingerprint density at radius 1 is 1.00 bits per heavy atom. The van der Waals surface area contributed by atoms with Crippen molar-refractivity contribution in [3.63, 3.8) is 0 Å². The molecule has 0 aliphatic carbocycles. The second-order valence-corrected chi connectivity index (χ2v) is 3.25. The van der Waals surface area contributed by atoms with Crippen LogP contribution in [0.4, 0.5) is 0 Å². The molecule has 0 aromatic heterocycles. The third-order valence-corrected chi connectivity index (χ3v) is 2.43. The first-order valence-corrected chi connectivity index (χ1v) is 4.69. The third-order valence-electron chi connectivity index (χ3n) is 2.43. The van der Waals surface area contributed by atoms with Gasteiger partial charge in [-0.1, -0.05) is 30.3 Å². The molecule has 0 heterocycles. The summed E-state index contributed by atoms with van der Waals surface area (Å²) in [5, 5.41) is 6.56. The normalized spacial score (nSPS) is 14.2. The molecule has 0 bridgehead atoms. The second kappa shape index (κ2) is 6.82. The molecule has 0 saturated heterocycles. The highest BCUT2D eigenvalue weighted by molar-refractivity contribution is 5.85. The SMILES string of the molecule is CNC(C)C(NC)c1ccccc1.Cl. The summed E-state index contributed by atoms with van der Waals surface area (Å²) >= 11 is 0. The molecule has 0 spiro atoms. The predicted molar refractivity (Wildman–Crippen MR) is 64.0 cm³/mol. The Morgan fingerprint density at radius 2 is 1.57 bits per heavy atom. The molecule has 0 fully saturated rings. The molecule has 0 amide bonds. The van der Waals surface area contributed by atoms with Crippen molar-refractivity contribution >= 4 is 12.4 Å². The van der Waals surface area contributed by atoms with E-state index < -0.39 is 0 Å². The molecule has 2 unspecified atom stereocenters.